The maximum Gasteiger partial charge on any atom is 0.312 e. The number of ether oxygens (including phenoxy) is 1. The lowest BCUT2D eigenvalue weighted by atomic mass is 9.84. The van der Waals surface area contributed by atoms with Gasteiger partial charge in [0.1, 0.15) is 5.60 Å². The van der Waals surface area contributed by atoms with E-state index in [1.54, 1.807) is 6.07 Å². The smallest absolute Gasteiger partial charge is 0.312 e. The van der Waals surface area contributed by atoms with Gasteiger partial charge in [-0.1, -0.05) is 54.2 Å². The average molecular weight is 502 g/mol. The molecular weight excluding hydrogens is 469 g/mol. The van der Waals surface area contributed by atoms with Crippen LogP contribution in [0.5, 0.6) is 0 Å². The number of amides is 1. The van der Waals surface area contributed by atoms with Gasteiger partial charge in [0.2, 0.25) is 5.91 Å². The summed E-state index contributed by atoms with van der Waals surface area (Å²) >= 11 is 12.4. The predicted molar refractivity (Wildman–Crippen MR) is 137 cm³/mol. The number of hydrogen-bond acceptors (Lipinski definition) is 3. The van der Waals surface area contributed by atoms with E-state index in [0.717, 1.165) is 55.3 Å². The predicted octanol–water partition coefficient (Wildman–Crippen LogP) is 7.57. The Hall–Kier alpha value is -2.04. The Bertz CT molecular complexity index is 1070. The maximum absolute atomic E-state index is 13.5. The lowest BCUT2D eigenvalue weighted by Crippen LogP contribution is -2.30. The normalized spacial score (nSPS) is 18.4. The van der Waals surface area contributed by atoms with Crippen LogP contribution in [0.4, 0.5) is 5.69 Å². The van der Waals surface area contributed by atoms with E-state index in [1.807, 2.05) is 57.2 Å². The number of carbonyl (C=O) groups excluding carboxylic acids is 2. The molecule has 4 rings (SSSR count). The molecular formula is C28H33Cl2NO3. The zero-order valence-corrected chi connectivity index (χ0v) is 21.6. The van der Waals surface area contributed by atoms with Crippen molar-refractivity contribution in [3.63, 3.8) is 0 Å². The minimum Gasteiger partial charge on any atom is -0.460 e. The van der Waals surface area contributed by atoms with Gasteiger partial charge in [-0.15, -0.1) is 0 Å². The number of anilines is 1. The van der Waals surface area contributed by atoms with Crippen molar-refractivity contribution in [1.82, 2.24) is 0 Å². The molecule has 1 atom stereocenters. The Morgan fingerprint density at radius 2 is 1.76 bits per heavy atom. The highest BCUT2D eigenvalue weighted by atomic mass is 35.5. The summed E-state index contributed by atoms with van der Waals surface area (Å²) < 4.78 is 5.66. The van der Waals surface area contributed by atoms with E-state index in [9.17, 15) is 9.59 Å². The van der Waals surface area contributed by atoms with Crippen molar-refractivity contribution < 1.29 is 14.3 Å². The Morgan fingerprint density at radius 3 is 2.38 bits per heavy atom. The molecule has 1 amide bonds. The second kappa shape index (κ2) is 9.91. The summed E-state index contributed by atoms with van der Waals surface area (Å²) in [6.07, 6.45) is 6.60. The number of hydrogen-bond donors (Lipinski definition) is 1. The van der Waals surface area contributed by atoms with E-state index < -0.39 is 11.0 Å². The summed E-state index contributed by atoms with van der Waals surface area (Å²) in [7, 11) is 0. The van der Waals surface area contributed by atoms with Gasteiger partial charge in [0.05, 0.1) is 21.4 Å². The zero-order valence-electron chi connectivity index (χ0n) is 20.1. The first-order valence-electron chi connectivity index (χ1n) is 12.1. The van der Waals surface area contributed by atoms with Gasteiger partial charge in [0.25, 0.3) is 0 Å². The quantitative estimate of drug-likeness (QED) is 0.397. The molecule has 2 aliphatic carbocycles. The van der Waals surface area contributed by atoms with Gasteiger partial charge in [-0.05, 0) is 94.2 Å². The number of benzene rings is 2. The van der Waals surface area contributed by atoms with Gasteiger partial charge in [-0.2, -0.15) is 0 Å². The molecule has 0 aliphatic heterocycles. The summed E-state index contributed by atoms with van der Waals surface area (Å²) in [5.74, 6) is -0.161. The largest absolute Gasteiger partial charge is 0.460 e. The standard InChI is InChI=1S/C28H33Cl2NO3/c1-27(2,3)34-26(33)28(13-14-28)17-18-7-6-10-21(15-18)31-25(32)24(19-8-4-5-9-19)20-11-12-22(29)23(30)16-20/h6-7,10-12,15-16,19,24H,4-5,8-9,13-14,17H2,1-3H3,(H,31,32). The molecule has 0 radical (unpaired) electrons. The molecule has 0 heterocycles. The minimum absolute atomic E-state index is 0.0317. The van der Waals surface area contributed by atoms with E-state index in [-0.39, 0.29) is 23.7 Å². The Kier molecular flexibility index (Phi) is 7.30. The first-order chi connectivity index (χ1) is 16.1. The summed E-state index contributed by atoms with van der Waals surface area (Å²) in [6.45, 7) is 5.68. The van der Waals surface area contributed by atoms with Gasteiger partial charge in [0, 0.05) is 5.69 Å². The van der Waals surface area contributed by atoms with Crippen LogP contribution in [0.15, 0.2) is 42.5 Å². The second-order valence-corrected chi connectivity index (χ2v) is 11.7. The fourth-order valence-corrected chi connectivity index (χ4v) is 5.30. The molecule has 0 spiro atoms. The molecule has 2 fully saturated rings. The summed E-state index contributed by atoms with van der Waals surface area (Å²) in [6, 6.07) is 13.3. The van der Waals surface area contributed by atoms with E-state index in [4.69, 9.17) is 27.9 Å². The van der Waals surface area contributed by atoms with Gasteiger partial charge in [-0.25, -0.2) is 0 Å². The summed E-state index contributed by atoms with van der Waals surface area (Å²) in [5.41, 5.74) is 1.72. The van der Waals surface area contributed by atoms with Crippen molar-refractivity contribution >= 4 is 40.8 Å². The molecule has 1 unspecified atom stereocenters. The third kappa shape index (κ3) is 5.95. The lowest BCUT2D eigenvalue weighted by Gasteiger charge is -2.24. The van der Waals surface area contributed by atoms with Crippen LogP contribution in [0.3, 0.4) is 0 Å². The molecule has 4 nitrogen and oxygen atoms in total. The number of halogens is 2. The molecule has 1 N–H and O–H groups in total. The SMILES string of the molecule is CC(C)(C)OC(=O)C1(Cc2cccc(NC(=O)C(c3ccc(Cl)c(Cl)c3)C3CCCC3)c2)CC1. The average Bonchev–Trinajstić information content (AvgIpc) is 3.34. The molecule has 0 aromatic heterocycles. The van der Waals surface area contributed by atoms with Gasteiger partial charge in [-0.3, -0.25) is 9.59 Å². The van der Waals surface area contributed by atoms with Gasteiger partial charge < -0.3 is 10.1 Å². The van der Waals surface area contributed by atoms with Crippen LogP contribution in [0.1, 0.15) is 76.3 Å². The van der Waals surface area contributed by atoms with Crippen molar-refractivity contribution in [2.24, 2.45) is 11.3 Å². The third-order valence-electron chi connectivity index (χ3n) is 6.88. The van der Waals surface area contributed by atoms with Crippen LogP contribution in [-0.4, -0.2) is 17.5 Å². The third-order valence-corrected chi connectivity index (χ3v) is 7.62. The number of rotatable bonds is 7. The molecule has 2 aromatic rings. The van der Waals surface area contributed by atoms with Crippen molar-refractivity contribution in [2.45, 2.75) is 77.2 Å². The summed E-state index contributed by atoms with van der Waals surface area (Å²) in [4.78, 5) is 26.3. The lowest BCUT2D eigenvalue weighted by molar-refractivity contribution is -0.161. The van der Waals surface area contributed by atoms with Gasteiger partial charge >= 0.3 is 5.97 Å². The fraction of sp³-hybridized carbons (Fsp3) is 0.500. The fourth-order valence-electron chi connectivity index (χ4n) is 4.99. The van der Waals surface area contributed by atoms with Crippen LogP contribution in [-0.2, 0) is 20.7 Å². The molecule has 0 saturated heterocycles. The van der Waals surface area contributed by atoms with Crippen LogP contribution < -0.4 is 5.32 Å². The van der Waals surface area contributed by atoms with Crippen LogP contribution in [0.2, 0.25) is 10.0 Å². The highest BCUT2D eigenvalue weighted by molar-refractivity contribution is 6.42. The zero-order chi connectivity index (χ0) is 24.5. The minimum atomic E-state index is -0.498. The van der Waals surface area contributed by atoms with Crippen molar-refractivity contribution in [2.75, 3.05) is 5.32 Å². The van der Waals surface area contributed by atoms with Crippen LogP contribution >= 0.6 is 23.2 Å². The van der Waals surface area contributed by atoms with Crippen molar-refractivity contribution in [3.05, 3.63) is 63.6 Å². The van der Waals surface area contributed by atoms with Crippen molar-refractivity contribution in [1.29, 1.82) is 0 Å². The topological polar surface area (TPSA) is 55.4 Å². The van der Waals surface area contributed by atoms with Crippen LogP contribution in [0.25, 0.3) is 0 Å². The maximum atomic E-state index is 13.5. The highest BCUT2D eigenvalue weighted by Gasteiger charge is 2.52. The van der Waals surface area contributed by atoms with E-state index in [2.05, 4.69) is 5.32 Å². The number of esters is 1. The second-order valence-electron chi connectivity index (χ2n) is 10.8. The Balaban J connectivity index is 1.50. The van der Waals surface area contributed by atoms with Crippen molar-refractivity contribution in [3.8, 4) is 0 Å². The molecule has 6 heteroatoms. The van der Waals surface area contributed by atoms with E-state index in [0.29, 0.717) is 16.5 Å². The molecule has 2 aromatic carbocycles. The highest BCUT2D eigenvalue weighted by Crippen LogP contribution is 2.50. The van der Waals surface area contributed by atoms with Crippen LogP contribution in [0, 0.1) is 11.3 Å². The van der Waals surface area contributed by atoms with E-state index in [1.165, 1.54) is 0 Å². The monoisotopic (exact) mass is 501 g/mol. The molecule has 0 bridgehead atoms. The van der Waals surface area contributed by atoms with Gasteiger partial charge in [0.15, 0.2) is 0 Å². The first-order valence-corrected chi connectivity index (χ1v) is 12.9. The summed E-state index contributed by atoms with van der Waals surface area (Å²) in [5, 5.41) is 4.09. The first kappa shape index (κ1) is 25.1. The number of carbonyl (C=O) groups is 2. The number of nitrogens with one attached hydrogen (secondary N) is 1. The van der Waals surface area contributed by atoms with E-state index >= 15 is 0 Å². The molecule has 2 saturated carbocycles. The Morgan fingerprint density at radius 1 is 1.06 bits per heavy atom. The molecule has 34 heavy (non-hydrogen) atoms. The molecule has 182 valence electrons. The Labute approximate surface area is 212 Å². The molecule has 2 aliphatic rings.